The molecule has 2 aliphatic rings. The average molecular weight is 413 g/mol. The molecule has 0 unspecified atom stereocenters. The van der Waals surface area contributed by atoms with E-state index in [0.717, 1.165) is 32.7 Å². The summed E-state index contributed by atoms with van der Waals surface area (Å²) in [5, 5.41) is 3.47. The number of piperidine rings is 1. The lowest BCUT2D eigenvalue weighted by atomic mass is 9.86. The number of amides is 1. The zero-order valence-corrected chi connectivity index (χ0v) is 20.7. The minimum absolute atomic E-state index is 0.172. The molecule has 0 spiro atoms. The molecule has 2 fully saturated rings. The second-order valence-corrected chi connectivity index (χ2v) is 16.2. The van der Waals surface area contributed by atoms with Gasteiger partial charge in [0.15, 0.2) is 8.32 Å². The Balaban J connectivity index is 2.15. The average Bonchev–Trinajstić information content (AvgIpc) is 2.92. The minimum Gasteiger partial charge on any atom is -0.444 e. The molecular weight excluding hydrogens is 368 g/mol. The fourth-order valence-electron chi connectivity index (χ4n) is 5.74. The summed E-state index contributed by atoms with van der Waals surface area (Å²) >= 11 is 0. The number of hydrogen-bond donors (Lipinski definition) is 1. The fraction of sp³-hybridized carbons (Fsp3) is 0.955. The van der Waals surface area contributed by atoms with E-state index in [2.05, 4.69) is 46.9 Å². The number of fused-ring (bicyclic) bond motifs is 1. The third-order valence-corrected chi connectivity index (χ3v) is 12.9. The lowest BCUT2D eigenvalue weighted by Crippen LogP contribution is -2.50. The molecule has 5 nitrogen and oxygen atoms in total. The summed E-state index contributed by atoms with van der Waals surface area (Å²) in [5.41, 5.74) is 1.29. The summed E-state index contributed by atoms with van der Waals surface area (Å²) in [6.45, 7) is 23.2. The van der Waals surface area contributed by atoms with E-state index in [1.807, 2.05) is 25.7 Å². The van der Waals surface area contributed by atoms with Gasteiger partial charge < -0.3 is 19.4 Å². The minimum atomic E-state index is -1.89. The highest BCUT2D eigenvalue weighted by Crippen LogP contribution is 2.44. The quantitative estimate of drug-likeness (QED) is 0.622. The van der Waals surface area contributed by atoms with Crippen molar-refractivity contribution in [3.05, 3.63) is 0 Å². The van der Waals surface area contributed by atoms with Crippen LogP contribution in [0.4, 0.5) is 4.79 Å². The maximum atomic E-state index is 12.8. The van der Waals surface area contributed by atoms with Gasteiger partial charge in [0.25, 0.3) is 0 Å². The number of carbonyl (C=O) groups excluding carboxylic acids is 1. The molecule has 0 aliphatic carbocycles. The first-order valence-corrected chi connectivity index (χ1v) is 13.4. The van der Waals surface area contributed by atoms with E-state index < -0.39 is 13.9 Å². The maximum absolute atomic E-state index is 12.8. The van der Waals surface area contributed by atoms with Gasteiger partial charge in [-0.3, -0.25) is 0 Å². The van der Waals surface area contributed by atoms with Gasteiger partial charge in [-0.25, -0.2) is 4.79 Å². The molecule has 0 bridgehead atoms. The van der Waals surface area contributed by atoms with Gasteiger partial charge in [-0.15, -0.1) is 0 Å². The summed E-state index contributed by atoms with van der Waals surface area (Å²) in [7, 11) is -1.89. The molecule has 3 atom stereocenters. The molecule has 164 valence electrons. The van der Waals surface area contributed by atoms with E-state index >= 15 is 0 Å². The van der Waals surface area contributed by atoms with Crippen molar-refractivity contribution in [1.29, 1.82) is 0 Å². The van der Waals surface area contributed by atoms with E-state index in [1.165, 1.54) is 0 Å². The van der Waals surface area contributed by atoms with Gasteiger partial charge in [-0.05, 0) is 56.3 Å². The zero-order valence-electron chi connectivity index (χ0n) is 19.7. The maximum Gasteiger partial charge on any atom is 0.410 e. The Kier molecular flexibility index (Phi) is 7.65. The summed E-state index contributed by atoms with van der Waals surface area (Å²) < 4.78 is 12.6. The third kappa shape index (κ3) is 4.93. The molecule has 2 saturated heterocycles. The van der Waals surface area contributed by atoms with Crippen LogP contribution >= 0.6 is 0 Å². The van der Waals surface area contributed by atoms with Gasteiger partial charge in [0.1, 0.15) is 5.60 Å². The number of likely N-dealkylation sites (tertiary alicyclic amines) is 1. The molecule has 6 heteroatoms. The summed E-state index contributed by atoms with van der Waals surface area (Å²) in [5.74, 6) is 0.912. The summed E-state index contributed by atoms with van der Waals surface area (Å²) in [4.78, 5) is 14.8. The Bertz CT molecular complexity index is 509. The molecule has 1 amide bonds. The second kappa shape index (κ2) is 9.05. The number of nitrogens with one attached hydrogen (secondary N) is 1. The van der Waals surface area contributed by atoms with Crippen LogP contribution in [0.15, 0.2) is 0 Å². The number of hydrogen-bond acceptors (Lipinski definition) is 4. The first kappa shape index (κ1) is 23.7. The highest BCUT2D eigenvalue weighted by molar-refractivity contribution is 6.77. The summed E-state index contributed by atoms with van der Waals surface area (Å²) in [6.07, 6.45) is 0.936. The van der Waals surface area contributed by atoms with Gasteiger partial charge >= 0.3 is 6.09 Å². The number of rotatable bonds is 6. The van der Waals surface area contributed by atoms with Gasteiger partial charge in [-0.2, -0.15) is 0 Å². The lowest BCUT2D eigenvalue weighted by Gasteiger charge is -2.43. The van der Waals surface area contributed by atoms with Gasteiger partial charge in [0, 0.05) is 25.6 Å². The molecule has 0 aromatic carbocycles. The van der Waals surface area contributed by atoms with Gasteiger partial charge in [0.2, 0.25) is 0 Å². The first-order valence-electron chi connectivity index (χ1n) is 11.2. The van der Waals surface area contributed by atoms with Crippen LogP contribution in [0, 0.1) is 11.8 Å². The second-order valence-electron chi connectivity index (χ2n) is 10.7. The largest absolute Gasteiger partial charge is 0.444 e. The molecule has 0 aromatic rings. The monoisotopic (exact) mass is 412 g/mol. The van der Waals surface area contributed by atoms with Crippen LogP contribution in [0.25, 0.3) is 0 Å². The molecular formula is C22H44N2O3Si. The van der Waals surface area contributed by atoms with Crippen LogP contribution in [0.2, 0.25) is 16.6 Å². The highest BCUT2D eigenvalue weighted by atomic mass is 28.4. The Morgan fingerprint density at radius 3 is 2.18 bits per heavy atom. The van der Waals surface area contributed by atoms with E-state index in [4.69, 9.17) is 9.16 Å². The molecule has 0 aromatic heterocycles. The normalized spacial score (nSPS) is 26.3. The Hall–Kier alpha value is -0.593. The van der Waals surface area contributed by atoms with E-state index in [1.54, 1.807) is 0 Å². The molecule has 2 heterocycles. The van der Waals surface area contributed by atoms with Crippen molar-refractivity contribution in [2.75, 3.05) is 26.2 Å². The van der Waals surface area contributed by atoms with E-state index in [9.17, 15) is 4.79 Å². The standard InChI is InChI=1S/C22H44N2O3Si/c1-15(2)28(16(3)4,17(5)6)26-14-18-13-24(21(25)27-22(7,8)9)20-12-23-11-10-19(18)20/h15-20,23H,10-14H2,1-9H3/t18-,19+,20+/m1/s1. The Labute approximate surface area is 174 Å². The third-order valence-electron chi connectivity index (χ3n) is 6.82. The number of carbonyl (C=O) groups is 1. The molecule has 0 radical (unpaired) electrons. The van der Waals surface area contributed by atoms with Crippen LogP contribution in [0.1, 0.15) is 68.7 Å². The molecule has 1 N–H and O–H groups in total. The van der Waals surface area contributed by atoms with Gasteiger partial charge in [-0.1, -0.05) is 41.5 Å². The molecule has 0 saturated carbocycles. The Morgan fingerprint density at radius 1 is 1.11 bits per heavy atom. The van der Waals surface area contributed by atoms with Crippen molar-refractivity contribution in [3.8, 4) is 0 Å². The smallest absolute Gasteiger partial charge is 0.410 e. The van der Waals surface area contributed by atoms with Crippen LogP contribution < -0.4 is 5.32 Å². The van der Waals surface area contributed by atoms with Crippen molar-refractivity contribution < 1.29 is 14.0 Å². The van der Waals surface area contributed by atoms with Crippen molar-refractivity contribution in [2.45, 2.75) is 97.0 Å². The predicted octanol–water partition coefficient (Wildman–Crippen LogP) is 5.02. The van der Waals surface area contributed by atoms with Crippen molar-refractivity contribution in [3.63, 3.8) is 0 Å². The van der Waals surface area contributed by atoms with Crippen LogP contribution in [0.3, 0.4) is 0 Å². The van der Waals surface area contributed by atoms with Crippen molar-refractivity contribution in [1.82, 2.24) is 10.2 Å². The topological polar surface area (TPSA) is 50.8 Å². The Morgan fingerprint density at radius 2 is 1.68 bits per heavy atom. The zero-order chi connectivity index (χ0) is 21.3. The SMILES string of the molecule is CC(C)[Si](OC[C@H]1CN(C(=O)OC(C)(C)C)[C@H]2CNCC[C@@H]12)(C(C)C)C(C)C. The van der Waals surface area contributed by atoms with E-state index in [0.29, 0.717) is 28.5 Å². The first-order chi connectivity index (χ1) is 12.9. The molecule has 2 aliphatic heterocycles. The van der Waals surface area contributed by atoms with Crippen LogP contribution in [-0.4, -0.2) is 57.2 Å². The molecule has 28 heavy (non-hydrogen) atoms. The van der Waals surface area contributed by atoms with Crippen molar-refractivity contribution >= 4 is 14.4 Å². The summed E-state index contributed by atoms with van der Waals surface area (Å²) in [6, 6.07) is 0.227. The number of nitrogens with zero attached hydrogens (tertiary/aromatic N) is 1. The fourth-order valence-corrected chi connectivity index (χ4v) is 11.2. The van der Waals surface area contributed by atoms with Crippen molar-refractivity contribution in [2.24, 2.45) is 11.8 Å². The van der Waals surface area contributed by atoms with E-state index in [-0.39, 0.29) is 12.1 Å². The predicted molar refractivity (Wildman–Crippen MR) is 118 cm³/mol. The van der Waals surface area contributed by atoms with Crippen LogP contribution in [0.5, 0.6) is 0 Å². The highest BCUT2D eigenvalue weighted by Gasteiger charge is 2.49. The lowest BCUT2D eigenvalue weighted by molar-refractivity contribution is 0.0194. The van der Waals surface area contributed by atoms with Crippen LogP contribution in [-0.2, 0) is 9.16 Å². The molecule has 2 rings (SSSR count). The van der Waals surface area contributed by atoms with Gasteiger partial charge in [0.05, 0.1) is 6.04 Å². The number of ether oxygens (including phenoxy) is 1.